The number of carbonyl (C=O) groups excluding carboxylic acids is 1. The third-order valence-corrected chi connectivity index (χ3v) is 5.70. The van der Waals surface area contributed by atoms with Crippen LogP contribution < -0.4 is 5.32 Å². The topological polar surface area (TPSA) is 54.9 Å². The third kappa shape index (κ3) is 6.84. The van der Waals surface area contributed by atoms with Crippen LogP contribution in [0.5, 0.6) is 0 Å². The van der Waals surface area contributed by atoms with E-state index in [-0.39, 0.29) is 11.9 Å². The van der Waals surface area contributed by atoms with E-state index in [1.807, 2.05) is 20.1 Å². The normalized spacial score (nSPS) is 12.4. The maximum atomic E-state index is 12.7. The van der Waals surface area contributed by atoms with Crippen molar-refractivity contribution >= 4 is 17.7 Å². The highest BCUT2D eigenvalue weighted by Gasteiger charge is 2.19. The standard InChI is InChI=1S/C24H35N3OS/c1-15(2)14-19-8-10-20(11-9-19)23(16(3)4)27-22(28)13-12-21-17(5)25-24(29-7)26-18(21)6/h8-11,15-16,23H,12-14H2,1-7H3,(H,27,28). The highest BCUT2D eigenvalue weighted by molar-refractivity contribution is 7.98. The monoisotopic (exact) mass is 413 g/mol. The Morgan fingerprint density at radius 2 is 1.62 bits per heavy atom. The zero-order valence-corrected chi connectivity index (χ0v) is 19.7. The van der Waals surface area contributed by atoms with Crippen molar-refractivity contribution in [3.8, 4) is 0 Å². The van der Waals surface area contributed by atoms with E-state index in [4.69, 9.17) is 0 Å². The molecular formula is C24H35N3OS. The molecule has 1 amide bonds. The number of benzene rings is 1. The Labute approximate surface area is 180 Å². The SMILES string of the molecule is CSc1nc(C)c(CCC(=O)NC(c2ccc(CC(C)C)cc2)C(C)C)c(C)n1. The van der Waals surface area contributed by atoms with Gasteiger partial charge in [-0.3, -0.25) is 4.79 Å². The molecule has 1 atom stereocenters. The molecule has 1 aromatic heterocycles. The average molecular weight is 414 g/mol. The number of thioether (sulfide) groups is 1. The van der Waals surface area contributed by atoms with Gasteiger partial charge in [-0.25, -0.2) is 9.97 Å². The maximum absolute atomic E-state index is 12.7. The number of nitrogens with zero attached hydrogens (tertiary/aromatic N) is 2. The van der Waals surface area contributed by atoms with Crippen LogP contribution in [0.15, 0.2) is 29.4 Å². The summed E-state index contributed by atoms with van der Waals surface area (Å²) in [5, 5.41) is 4.03. The molecule has 4 nitrogen and oxygen atoms in total. The second-order valence-electron chi connectivity index (χ2n) is 8.49. The minimum atomic E-state index is 0.0212. The van der Waals surface area contributed by atoms with Gasteiger partial charge < -0.3 is 5.32 Å². The first-order chi connectivity index (χ1) is 13.7. The zero-order chi connectivity index (χ0) is 21.6. The van der Waals surface area contributed by atoms with E-state index in [0.717, 1.165) is 28.5 Å². The minimum absolute atomic E-state index is 0.0212. The second-order valence-corrected chi connectivity index (χ2v) is 9.26. The quantitative estimate of drug-likeness (QED) is 0.438. The molecule has 2 aromatic rings. The molecule has 1 heterocycles. The fourth-order valence-electron chi connectivity index (χ4n) is 3.61. The average Bonchev–Trinajstić information content (AvgIpc) is 2.65. The van der Waals surface area contributed by atoms with Crippen molar-refractivity contribution in [2.24, 2.45) is 11.8 Å². The van der Waals surface area contributed by atoms with Crippen LogP contribution >= 0.6 is 11.8 Å². The van der Waals surface area contributed by atoms with Gasteiger partial charge in [0.25, 0.3) is 0 Å². The molecule has 0 bridgehead atoms. The summed E-state index contributed by atoms with van der Waals surface area (Å²) < 4.78 is 0. The predicted octanol–water partition coefficient (Wildman–Crippen LogP) is 5.46. The number of amides is 1. The Hall–Kier alpha value is -1.88. The highest BCUT2D eigenvalue weighted by atomic mass is 32.2. The molecule has 0 fully saturated rings. The fourth-order valence-corrected chi connectivity index (χ4v) is 4.07. The zero-order valence-electron chi connectivity index (χ0n) is 18.9. The Morgan fingerprint density at radius 3 is 2.10 bits per heavy atom. The van der Waals surface area contributed by atoms with E-state index in [2.05, 4.69) is 67.2 Å². The summed E-state index contributed by atoms with van der Waals surface area (Å²) in [6.07, 6.45) is 4.16. The van der Waals surface area contributed by atoms with Crippen molar-refractivity contribution in [1.82, 2.24) is 15.3 Å². The summed E-state index contributed by atoms with van der Waals surface area (Å²) in [7, 11) is 0. The van der Waals surface area contributed by atoms with Crippen LogP contribution in [0.1, 0.15) is 68.2 Å². The van der Waals surface area contributed by atoms with Crippen LogP contribution in [0.4, 0.5) is 0 Å². The summed E-state index contributed by atoms with van der Waals surface area (Å²) in [5.74, 6) is 1.03. The largest absolute Gasteiger partial charge is 0.349 e. The Balaban J connectivity index is 2.03. The van der Waals surface area contributed by atoms with E-state index >= 15 is 0 Å². The van der Waals surface area contributed by atoms with E-state index in [1.54, 1.807) is 11.8 Å². The lowest BCUT2D eigenvalue weighted by Crippen LogP contribution is -2.32. The van der Waals surface area contributed by atoms with Gasteiger partial charge in [0.1, 0.15) is 0 Å². The third-order valence-electron chi connectivity index (χ3n) is 5.15. The highest BCUT2D eigenvalue weighted by Crippen LogP contribution is 2.23. The van der Waals surface area contributed by atoms with Crippen molar-refractivity contribution in [1.29, 1.82) is 0 Å². The molecule has 29 heavy (non-hydrogen) atoms. The first-order valence-electron chi connectivity index (χ1n) is 10.5. The molecule has 0 aliphatic carbocycles. The molecule has 0 saturated carbocycles. The van der Waals surface area contributed by atoms with Gasteiger partial charge in [-0.1, -0.05) is 63.7 Å². The molecule has 0 saturated heterocycles. The molecule has 1 N–H and O–H groups in total. The van der Waals surface area contributed by atoms with Crippen molar-refractivity contribution in [3.63, 3.8) is 0 Å². The van der Waals surface area contributed by atoms with Gasteiger partial charge in [-0.2, -0.15) is 0 Å². The van der Waals surface area contributed by atoms with Crippen LogP contribution in [0.3, 0.4) is 0 Å². The van der Waals surface area contributed by atoms with E-state index in [1.165, 1.54) is 11.1 Å². The predicted molar refractivity (Wildman–Crippen MR) is 122 cm³/mol. The Bertz CT molecular complexity index is 792. The number of rotatable bonds is 9. The van der Waals surface area contributed by atoms with Crippen molar-refractivity contribution in [2.75, 3.05) is 6.26 Å². The molecule has 2 rings (SSSR count). The number of hydrogen-bond donors (Lipinski definition) is 1. The first-order valence-corrected chi connectivity index (χ1v) is 11.7. The van der Waals surface area contributed by atoms with Crippen molar-refractivity contribution in [2.45, 2.75) is 72.0 Å². The molecule has 0 radical (unpaired) electrons. The number of hydrogen-bond acceptors (Lipinski definition) is 4. The summed E-state index contributed by atoms with van der Waals surface area (Å²) in [6.45, 7) is 12.8. The van der Waals surface area contributed by atoms with Gasteiger partial charge in [0.15, 0.2) is 5.16 Å². The molecule has 0 aliphatic rings. The maximum Gasteiger partial charge on any atom is 0.220 e. The summed E-state index contributed by atoms with van der Waals surface area (Å²) in [4.78, 5) is 21.7. The van der Waals surface area contributed by atoms with Gasteiger partial charge >= 0.3 is 0 Å². The van der Waals surface area contributed by atoms with Crippen LogP contribution in [0.2, 0.25) is 0 Å². The lowest BCUT2D eigenvalue weighted by molar-refractivity contribution is -0.122. The van der Waals surface area contributed by atoms with Gasteiger partial charge in [-0.05, 0) is 61.5 Å². The van der Waals surface area contributed by atoms with E-state index in [9.17, 15) is 4.79 Å². The molecule has 0 aliphatic heterocycles. The van der Waals surface area contributed by atoms with Crippen LogP contribution in [0, 0.1) is 25.7 Å². The Morgan fingerprint density at radius 1 is 1.03 bits per heavy atom. The lowest BCUT2D eigenvalue weighted by Gasteiger charge is -2.23. The molecule has 1 aromatic carbocycles. The fraction of sp³-hybridized carbons (Fsp3) is 0.542. The van der Waals surface area contributed by atoms with Gasteiger partial charge in [-0.15, -0.1) is 0 Å². The van der Waals surface area contributed by atoms with E-state index < -0.39 is 0 Å². The first kappa shape index (κ1) is 23.4. The molecule has 0 spiro atoms. The second kappa shape index (κ2) is 10.8. The summed E-state index contributed by atoms with van der Waals surface area (Å²) in [5.41, 5.74) is 5.53. The number of nitrogens with one attached hydrogen (secondary N) is 1. The molecule has 5 heteroatoms. The Kier molecular flexibility index (Phi) is 8.69. The lowest BCUT2D eigenvalue weighted by atomic mass is 9.93. The van der Waals surface area contributed by atoms with Gasteiger partial charge in [0, 0.05) is 17.8 Å². The van der Waals surface area contributed by atoms with Crippen LogP contribution in [0.25, 0.3) is 0 Å². The minimum Gasteiger partial charge on any atom is -0.349 e. The smallest absolute Gasteiger partial charge is 0.220 e. The van der Waals surface area contributed by atoms with E-state index in [0.29, 0.717) is 24.7 Å². The number of aryl methyl sites for hydroxylation is 2. The molecule has 158 valence electrons. The van der Waals surface area contributed by atoms with Crippen LogP contribution in [-0.2, 0) is 17.6 Å². The summed E-state index contributed by atoms with van der Waals surface area (Å²) >= 11 is 1.54. The molecule has 1 unspecified atom stereocenters. The van der Waals surface area contributed by atoms with Gasteiger partial charge in [0.2, 0.25) is 5.91 Å². The summed E-state index contributed by atoms with van der Waals surface area (Å²) in [6, 6.07) is 8.72. The molecular weight excluding hydrogens is 378 g/mol. The number of carbonyl (C=O) groups is 1. The van der Waals surface area contributed by atoms with Crippen LogP contribution in [-0.4, -0.2) is 22.1 Å². The van der Waals surface area contributed by atoms with Gasteiger partial charge in [0.05, 0.1) is 6.04 Å². The number of aromatic nitrogens is 2. The van der Waals surface area contributed by atoms with Crippen molar-refractivity contribution < 1.29 is 4.79 Å². The van der Waals surface area contributed by atoms with Crippen molar-refractivity contribution in [3.05, 3.63) is 52.3 Å².